The molecule has 0 aromatic heterocycles. The van der Waals surface area contributed by atoms with Crippen molar-refractivity contribution >= 4 is 35.0 Å². The molecular weight excluding hydrogens is 389 g/mol. The fourth-order valence-corrected chi connectivity index (χ4v) is 3.20. The molecule has 28 heavy (non-hydrogen) atoms. The van der Waals surface area contributed by atoms with Crippen LogP contribution < -0.4 is 5.11 Å². The molecule has 1 saturated heterocycles. The number of ketones is 1. The van der Waals surface area contributed by atoms with Crippen molar-refractivity contribution in [3.8, 4) is 0 Å². The van der Waals surface area contributed by atoms with E-state index in [4.69, 9.17) is 11.6 Å². The minimum Gasteiger partial charge on any atom is -0.550 e. The molecule has 1 amide bonds. The molecule has 1 aliphatic rings. The van der Waals surface area contributed by atoms with Gasteiger partial charge in [-0.3, -0.25) is 9.59 Å². The Bertz CT molecular complexity index is 969. The Morgan fingerprint density at radius 1 is 1.11 bits per heavy atom. The molecule has 0 bridgehead atoms. The van der Waals surface area contributed by atoms with Crippen LogP contribution in [-0.4, -0.2) is 34.2 Å². The smallest absolute Gasteiger partial charge is 0.295 e. The van der Waals surface area contributed by atoms with Crippen LogP contribution in [-0.2, 0) is 14.4 Å². The highest BCUT2D eigenvalue weighted by Gasteiger charge is 2.45. The summed E-state index contributed by atoms with van der Waals surface area (Å²) in [5.41, 5.74) is 0.404. The van der Waals surface area contributed by atoms with E-state index >= 15 is 0 Å². The summed E-state index contributed by atoms with van der Waals surface area (Å²) in [4.78, 5) is 37.0. The average molecular weight is 403 g/mol. The molecule has 0 aliphatic carbocycles. The largest absolute Gasteiger partial charge is 0.550 e. The van der Waals surface area contributed by atoms with Crippen LogP contribution in [0.25, 0.3) is 5.76 Å². The van der Waals surface area contributed by atoms with Gasteiger partial charge in [-0.25, -0.2) is 4.39 Å². The first-order valence-corrected chi connectivity index (χ1v) is 8.67. The maximum atomic E-state index is 13.3. The van der Waals surface area contributed by atoms with Crippen LogP contribution in [0.3, 0.4) is 0 Å². The molecular formula is C20H14ClFNO5-. The number of aliphatic hydroxyl groups is 1. The third kappa shape index (κ3) is 3.75. The number of rotatable bonds is 5. The van der Waals surface area contributed by atoms with Crippen LogP contribution in [0.1, 0.15) is 23.6 Å². The SMILES string of the molecule is O=C([O-])CCN1C(=O)C(=O)C(=C(O)c2ccc(Cl)cc2)[C@@H]1c1ccc(F)cc1. The van der Waals surface area contributed by atoms with Crippen molar-refractivity contribution in [3.63, 3.8) is 0 Å². The van der Waals surface area contributed by atoms with Crippen LogP contribution in [0, 0.1) is 5.82 Å². The number of aliphatic carboxylic acids is 1. The molecule has 1 fully saturated rings. The quantitative estimate of drug-likeness (QED) is 0.469. The van der Waals surface area contributed by atoms with Gasteiger partial charge in [-0.1, -0.05) is 23.7 Å². The van der Waals surface area contributed by atoms with Gasteiger partial charge >= 0.3 is 0 Å². The van der Waals surface area contributed by atoms with E-state index in [-0.39, 0.29) is 17.7 Å². The number of amides is 1. The predicted octanol–water partition coefficient (Wildman–Crippen LogP) is 2.04. The number of aliphatic hydroxyl groups excluding tert-OH is 1. The number of carboxylic acids is 1. The van der Waals surface area contributed by atoms with Crippen molar-refractivity contribution in [3.05, 3.63) is 76.1 Å². The van der Waals surface area contributed by atoms with Crippen molar-refractivity contribution < 1.29 is 29.0 Å². The summed E-state index contributed by atoms with van der Waals surface area (Å²) in [6, 6.07) is 9.95. The highest BCUT2D eigenvalue weighted by atomic mass is 35.5. The molecule has 1 aliphatic heterocycles. The molecule has 2 aromatic rings. The number of hydrogen-bond donors (Lipinski definition) is 1. The molecule has 0 unspecified atom stereocenters. The maximum Gasteiger partial charge on any atom is 0.295 e. The Hall–Kier alpha value is -3.19. The molecule has 2 aromatic carbocycles. The van der Waals surface area contributed by atoms with Crippen LogP contribution in [0.15, 0.2) is 54.1 Å². The molecule has 1 N–H and O–H groups in total. The summed E-state index contributed by atoms with van der Waals surface area (Å²) >= 11 is 5.84. The monoisotopic (exact) mass is 402 g/mol. The molecule has 8 heteroatoms. The second kappa shape index (κ2) is 7.82. The number of carbonyl (C=O) groups excluding carboxylic acids is 3. The first-order valence-electron chi connectivity index (χ1n) is 8.29. The zero-order valence-electron chi connectivity index (χ0n) is 14.4. The number of carbonyl (C=O) groups is 3. The third-order valence-corrected chi connectivity index (χ3v) is 4.65. The molecule has 1 atom stereocenters. The standard InChI is InChI=1S/C20H15ClFNO5/c21-13-5-1-12(2-6-13)18(26)16-17(11-3-7-14(22)8-4-11)23(10-9-15(24)25)20(28)19(16)27/h1-8,17,26H,9-10H2,(H,24,25)/p-1/t17-/m0/s1. The fraction of sp³-hybridized carbons (Fsp3) is 0.150. The Morgan fingerprint density at radius 3 is 2.29 bits per heavy atom. The lowest BCUT2D eigenvalue weighted by molar-refractivity contribution is -0.305. The highest BCUT2D eigenvalue weighted by molar-refractivity contribution is 6.46. The van der Waals surface area contributed by atoms with Crippen LogP contribution in [0.2, 0.25) is 5.02 Å². The zero-order valence-corrected chi connectivity index (χ0v) is 15.1. The van der Waals surface area contributed by atoms with Crippen LogP contribution >= 0.6 is 11.6 Å². The van der Waals surface area contributed by atoms with Gasteiger partial charge in [0.15, 0.2) is 0 Å². The molecule has 144 valence electrons. The van der Waals surface area contributed by atoms with Crippen molar-refractivity contribution in [1.29, 1.82) is 0 Å². The number of benzene rings is 2. The topological polar surface area (TPSA) is 97.7 Å². The summed E-state index contributed by atoms with van der Waals surface area (Å²) in [5, 5.41) is 22.0. The van der Waals surface area contributed by atoms with Crippen molar-refractivity contribution in [2.24, 2.45) is 0 Å². The number of hydrogen-bond acceptors (Lipinski definition) is 5. The van der Waals surface area contributed by atoms with E-state index < -0.39 is 41.7 Å². The Morgan fingerprint density at radius 2 is 1.71 bits per heavy atom. The molecule has 0 radical (unpaired) electrons. The number of nitrogens with zero attached hydrogens (tertiary/aromatic N) is 1. The summed E-state index contributed by atoms with van der Waals surface area (Å²) < 4.78 is 13.3. The first-order chi connectivity index (χ1) is 13.3. The molecule has 3 rings (SSSR count). The van der Waals surface area contributed by atoms with Crippen molar-refractivity contribution in [1.82, 2.24) is 4.90 Å². The fourth-order valence-electron chi connectivity index (χ4n) is 3.08. The van der Waals surface area contributed by atoms with E-state index in [1.807, 2.05) is 0 Å². The van der Waals surface area contributed by atoms with Gasteiger partial charge in [0, 0.05) is 29.5 Å². The lowest BCUT2D eigenvalue weighted by Crippen LogP contribution is -2.34. The molecule has 0 spiro atoms. The molecule has 1 heterocycles. The minimum atomic E-state index is -1.39. The molecule has 0 saturated carbocycles. The van der Waals surface area contributed by atoms with E-state index in [9.17, 15) is 29.0 Å². The Balaban J connectivity index is 2.14. The first kappa shape index (κ1) is 19.6. The average Bonchev–Trinajstić information content (AvgIpc) is 2.91. The van der Waals surface area contributed by atoms with Gasteiger partial charge in [0.1, 0.15) is 11.6 Å². The summed E-state index contributed by atoms with van der Waals surface area (Å²) in [7, 11) is 0. The normalized spacial score (nSPS) is 18.5. The number of likely N-dealkylation sites (tertiary alicyclic amines) is 1. The van der Waals surface area contributed by atoms with Gasteiger partial charge in [-0.15, -0.1) is 0 Å². The van der Waals surface area contributed by atoms with Gasteiger partial charge in [0.25, 0.3) is 11.7 Å². The lowest BCUT2D eigenvalue weighted by atomic mass is 9.95. The van der Waals surface area contributed by atoms with E-state index in [0.29, 0.717) is 10.6 Å². The number of halogens is 2. The van der Waals surface area contributed by atoms with Gasteiger partial charge in [0.2, 0.25) is 0 Å². The van der Waals surface area contributed by atoms with E-state index in [0.717, 1.165) is 17.0 Å². The Labute approximate surface area is 164 Å². The maximum absolute atomic E-state index is 13.3. The predicted molar refractivity (Wildman–Crippen MR) is 96.5 cm³/mol. The van der Waals surface area contributed by atoms with E-state index in [2.05, 4.69) is 0 Å². The number of Topliss-reactive ketones (excluding diaryl/α,β-unsaturated/α-hetero) is 1. The van der Waals surface area contributed by atoms with Gasteiger partial charge in [0.05, 0.1) is 11.6 Å². The molecule has 6 nitrogen and oxygen atoms in total. The van der Waals surface area contributed by atoms with Crippen LogP contribution in [0.5, 0.6) is 0 Å². The second-order valence-corrected chi connectivity index (χ2v) is 6.61. The van der Waals surface area contributed by atoms with Gasteiger partial charge in [-0.05, 0) is 42.0 Å². The van der Waals surface area contributed by atoms with Crippen LogP contribution in [0.4, 0.5) is 4.39 Å². The zero-order chi connectivity index (χ0) is 20.4. The van der Waals surface area contributed by atoms with Crippen molar-refractivity contribution in [2.75, 3.05) is 6.54 Å². The second-order valence-electron chi connectivity index (χ2n) is 6.17. The summed E-state index contributed by atoms with van der Waals surface area (Å²) in [6.07, 6.45) is -0.494. The highest BCUT2D eigenvalue weighted by Crippen LogP contribution is 2.39. The number of carboxylic acid groups (broad SMARTS) is 1. The third-order valence-electron chi connectivity index (χ3n) is 4.40. The van der Waals surface area contributed by atoms with Crippen molar-refractivity contribution in [2.45, 2.75) is 12.5 Å². The summed E-state index contributed by atoms with van der Waals surface area (Å²) in [5.74, 6) is -4.25. The summed E-state index contributed by atoms with van der Waals surface area (Å²) in [6.45, 7) is -0.299. The van der Waals surface area contributed by atoms with E-state index in [1.54, 1.807) is 0 Å². The minimum absolute atomic E-state index is 0.211. The van der Waals surface area contributed by atoms with Gasteiger partial charge < -0.3 is 19.9 Å². The van der Waals surface area contributed by atoms with Gasteiger partial charge in [-0.2, -0.15) is 0 Å². The van der Waals surface area contributed by atoms with E-state index in [1.165, 1.54) is 36.4 Å². The lowest BCUT2D eigenvalue weighted by Gasteiger charge is -2.25. The Kier molecular flexibility index (Phi) is 5.46.